The number of hydrogen-bond donors (Lipinski definition) is 0. The van der Waals surface area contributed by atoms with Crippen molar-refractivity contribution in [1.82, 2.24) is 15.9 Å². The van der Waals surface area contributed by atoms with Gasteiger partial charge in [-0.1, -0.05) is 0 Å². The average Bonchev–Trinajstić information content (AvgIpc) is 2.32. The number of nitrogens with zero attached hydrogens (tertiary/aromatic N) is 2. The molecule has 5 nitrogen and oxygen atoms in total. The van der Waals surface area contributed by atoms with Crippen LogP contribution in [0.15, 0.2) is 30.5 Å². The van der Waals surface area contributed by atoms with E-state index in [2.05, 4.69) is 10.2 Å². The standard InChI is InChI=1S/C12H12N3O2/c1-8-5-10(7-14-15-8)17-9-3-4-11(13)12(6-9)16-2/h3-7,13H,1-2H3. The minimum Gasteiger partial charge on any atom is -0.494 e. The van der Waals surface area contributed by atoms with Crippen LogP contribution in [0.25, 0.3) is 0 Å². The monoisotopic (exact) mass is 230 g/mol. The molecule has 2 rings (SSSR count). The second-order valence-electron chi connectivity index (χ2n) is 3.50. The van der Waals surface area contributed by atoms with Crippen molar-refractivity contribution in [3.05, 3.63) is 36.2 Å². The first-order valence-electron chi connectivity index (χ1n) is 5.06. The summed E-state index contributed by atoms with van der Waals surface area (Å²) in [6, 6.07) is 6.78. The predicted molar refractivity (Wildman–Crippen MR) is 62.6 cm³/mol. The van der Waals surface area contributed by atoms with Crippen LogP contribution in [0, 0.1) is 6.92 Å². The zero-order valence-corrected chi connectivity index (χ0v) is 9.60. The second-order valence-corrected chi connectivity index (χ2v) is 3.50. The summed E-state index contributed by atoms with van der Waals surface area (Å²) < 4.78 is 10.6. The van der Waals surface area contributed by atoms with Gasteiger partial charge in [-0.25, -0.2) is 0 Å². The highest BCUT2D eigenvalue weighted by Crippen LogP contribution is 2.30. The molecule has 0 saturated carbocycles. The van der Waals surface area contributed by atoms with Crippen LogP contribution in [-0.2, 0) is 0 Å². The summed E-state index contributed by atoms with van der Waals surface area (Å²) in [7, 11) is 1.52. The molecule has 2 aromatic rings. The summed E-state index contributed by atoms with van der Waals surface area (Å²) >= 11 is 0. The third-order valence-electron chi connectivity index (χ3n) is 2.16. The van der Waals surface area contributed by atoms with Gasteiger partial charge < -0.3 is 9.47 Å². The molecule has 1 aromatic carbocycles. The van der Waals surface area contributed by atoms with Gasteiger partial charge in [-0.15, -0.1) is 0 Å². The number of hydrogen-bond acceptors (Lipinski definition) is 4. The van der Waals surface area contributed by atoms with Gasteiger partial charge in [0, 0.05) is 12.1 Å². The van der Waals surface area contributed by atoms with Crippen LogP contribution in [0.1, 0.15) is 5.69 Å². The van der Waals surface area contributed by atoms with Crippen molar-refractivity contribution in [1.29, 1.82) is 0 Å². The van der Waals surface area contributed by atoms with Crippen molar-refractivity contribution in [3.63, 3.8) is 0 Å². The molecule has 0 spiro atoms. The molecule has 0 aliphatic rings. The zero-order chi connectivity index (χ0) is 12.3. The number of nitrogens with one attached hydrogen (secondary N) is 1. The highest BCUT2D eigenvalue weighted by atomic mass is 16.5. The normalized spacial score (nSPS) is 10.0. The lowest BCUT2D eigenvalue weighted by atomic mass is 10.3. The first-order valence-corrected chi connectivity index (χ1v) is 5.06. The quantitative estimate of drug-likeness (QED) is 0.812. The predicted octanol–water partition coefficient (Wildman–Crippen LogP) is 2.50. The lowest BCUT2D eigenvalue weighted by Gasteiger charge is -2.08. The molecule has 1 N–H and O–H groups in total. The van der Waals surface area contributed by atoms with Crippen molar-refractivity contribution >= 4 is 5.69 Å². The van der Waals surface area contributed by atoms with Crippen LogP contribution in [0.3, 0.4) is 0 Å². The summed E-state index contributed by atoms with van der Waals surface area (Å²) in [6.45, 7) is 1.84. The Kier molecular flexibility index (Phi) is 3.09. The SMILES string of the molecule is COc1cc(Oc2cnnc(C)c2)ccc1[NH]. The van der Waals surface area contributed by atoms with Crippen LogP contribution < -0.4 is 15.2 Å². The lowest BCUT2D eigenvalue weighted by molar-refractivity contribution is 0.409. The van der Waals surface area contributed by atoms with Crippen LogP contribution in [0.5, 0.6) is 17.2 Å². The molecule has 0 saturated heterocycles. The molecule has 0 atom stereocenters. The topological polar surface area (TPSA) is 68.0 Å². The first-order chi connectivity index (χ1) is 8.19. The molecule has 1 radical (unpaired) electrons. The summed E-state index contributed by atoms with van der Waals surface area (Å²) in [5.74, 6) is 1.68. The number of aryl methyl sites for hydroxylation is 1. The number of methoxy groups -OCH3 is 1. The van der Waals surface area contributed by atoms with Gasteiger partial charge in [-0.2, -0.15) is 10.2 Å². The molecular weight excluding hydrogens is 218 g/mol. The maximum atomic E-state index is 7.58. The molecule has 0 bridgehead atoms. The molecule has 1 heterocycles. The molecule has 0 aliphatic heterocycles. The Bertz CT molecular complexity index is 529. The van der Waals surface area contributed by atoms with E-state index in [-0.39, 0.29) is 0 Å². The van der Waals surface area contributed by atoms with E-state index in [1.165, 1.54) is 13.3 Å². The van der Waals surface area contributed by atoms with E-state index in [0.717, 1.165) is 5.69 Å². The van der Waals surface area contributed by atoms with E-state index in [1.807, 2.05) is 6.92 Å². The van der Waals surface area contributed by atoms with Crippen molar-refractivity contribution < 1.29 is 9.47 Å². The van der Waals surface area contributed by atoms with Crippen molar-refractivity contribution in [3.8, 4) is 17.2 Å². The number of aromatic nitrogens is 2. The third kappa shape index (κ3) is 2.63. The Labute approximate surface area is 99.2 Å². The first kappa shape index (κ1) is 11.2. The van der Waals surface area contributed by atoms with Crippen molar-refractivity contribution in [2.45, 2.75) is 6.92 Å². The van der Waals surface area contributed by atoms with E-state index < -0.39 is 0 Å². The lowest BCUT2D eigenvalue weighted by Crippen LogP contribution is -1.91. The highest BCUT2D eigenvalue weighted by Gasteiger charge is 2.04. The second kappa shape index (κ2) is 4.69. The van der Waals surface area contributed by atoms with Crippen LogP contribution in [0.4, 0.5) is 5.69 Å². The van der Waals surface area contributed by atoms with Gasteiger partial charge in [0.1, 0.15) is 17.2 Å². The van der Waals surface area contributed by atoms with E-state index in [1.54, 1.807) is 24.3 Å². The van der Waals surface area contributed by atoms with Crippen LogP contribution >= 0.6 is 0 Å². The van der Waals surface area contributed by atoms with Gasteiger partial charge in [0.25, 0.3) is 0 Å². The van der Waals surface area contributed by atoms with E-state index in [4.69, 9.17) is 15.2 Å². The minimum atomic E-state index is 0.323. The molecule has 0 amide bonds. The summed E-state index contributed by atoms with van der Waals surface area (Å²) in [6.07, 6.45) is 1.54. The molecule has 17 heavy (non-hydrogen) atoms. The van der Waals surface area contributed by atoms with Gasteiger partial charge in [0.05, 0.1) is 24.7 Å². The van der Waals surface area contributed by atoms with Gasteiger partial charge in [0.15, 0.2) is 0 Å². The van der Waals surface area contributed by atoms with Gasteiger partial charge in [0.2, 0.25) is 0 Å². The summed E-state index contributed by atoms with van der Waals surface area (Å²) in [4.78, 5) is 0. The van der Waals surface area contributed by atoms with E-state index in [9.17, 15) is 0 Å². The molecule has 0 unspecified atom stereocenters. The Hall–Kier alpha value is -2.30. The molecule has 1 aromatic heterocycles. The Morgan fingerprint density at radius 1 is 1.18 bits per heavy atom. The fourth-order valence-electron chi connectivity index (χ4n) is 1.38. The third-order valence-corrected chi connectivity index (χ3v) is 2.16. The molecule has 0 fully saturated rings. The summed E-state index contributed by atoms with van der Waals surface area (Å²) in [5, 5.41) is 7.64. The average molecular weight is 230 g/mol. The van der Waals surface area contributed by atoms with E-state index in [0.29, 0.717) is 22.9 Å². The van der Waals surface area contributed by atoms with E-state index >= 15 is 0 Å². The number of ether oxygens (including phenoxy) is 2. The Balaban J connectivity index is 2.24. The number of rotatable bonds is 3. The molecule has 0 aliphatic carbocycles. The maximum Gasteiger partial charge on any atom is 0.149 e. The largest absolute Gasteiger partial charge is 0.494 e. The minimum absolute atomic E-state index is 0.323. The van der Waals surface area contributed by atoms with Gasteiger partial charge in [-0.3, -0.25) is 5.73 Å². The fourth-order valence-corrected chi connectivity index (χ4v) is 1.38. The van der Waals surface area contributed by atoms with Crippen LogP contribution in [0.2, 0.25) is 0 Å². The van der Waals surface area contributed by atoms with Gasteiger partial charge >= 0.3 is 0 Å². The van der Waals surface area contributed by atoms with Crippen molar-refractivity contribution in [2.24, 2.45) is 0 Å². The number of benzene rings is 1. The van der Waals surface area contributed by atoms with Gasteiger partial charge in [-0.05, 0) is 19.1 Å². The Morgan fingerprint density at radius 2 is 2.00 bits per heavy atom. The highest BCUT2D eigenvalue weighted by molar-refractivity contribution is 5.53. The molecule has 87 valence electrons. The van der Waals surface area contributed by atoms with Crippen LogP contribution in [-0.4, -0.2) is 17.3 Å². The maximum absolute atomic E-state index is 7.58. The summed E-state index contributed by atoms with van der Waals surface area (Å²) in [5.41, 5.74) is 8.69. The fraction of sp³-hybridized carbons (Fsp3) is 0.167. The van der Waals surface area contributed by atoms with Crippen molar-refractivity contribution in [2.75, 3.05) is 7.11 Å². The molecule has 5 heteroatoms. The Morgan fingerprint density at radius 3 is 2.71 bits per heavy atom. The molecular formula is C12H12N3O2. The smallest absolute Gasteiger partial charge is 0.149 e. The zero-order valence-electron chi connectivity index (χ0n) is 9.60.